The Morgan fingerprint density at radius 3 is 3.00 bits per heavy atom. The summed E-state index contributed by atoms with van der Waals surface area (Å²) in [4.78, 5) is 14.4. The molecule has 0 aliphatic heterocycles. The average molecular weight is 251 g/mol. The number of halogens is 1. The van der Waals surface area contributed by atoms with Crippen molar-refractivity contribution < 1.29 is 4.79 Å². The number of carbonyl (C=O) groups is 1. The number of H-pyrrole nitrogens is 1. The molecule has 2 N–H and O–H groups in total. The molecule has 90 valence electrons. The molecule has 4 heteroatoms. The summed E-state index contributed by atoms with van der Waals surface area (Å²) in [5, 5.41) is 4.06. The fraction of sp³-hybridized carbons (Fsp3) is 0.308. The maximum absolute atomic E-state index is 11.2. The Bertz CT molecular complexity index is 521. The quantitative estimate of drug-likeness (QED) is 0.805. The van der Waals surface area contributed by atoms with Gasteiger partial charge >= 0.3 is 0 Å². The van der Waals surface area contributed by atoms with E-state index in [0.717, 1.165) is 11.9 Å². The highest BCUT2D eigenvalue weighted by Gasteiger charge is 2.10. The lowest BCUT2D eigenvalue weighted by Crippen LogP contribution is -2.34. The predicted molar refractivity (Wildman–Crippen MR) is 70.3 cm³/mol. The number of alkyl halides is 1. The predicted octanol–water partition coefficient (Wildman–Crippen LogP) is 2.45. The van der Waals surface area contributed by atoms with Crippen molar-refractivity contribution in [2.24, 2.45) is 0 Å². The number of hydrogen-bond donors (Lipinski definition) is 2. The highest BCUT2D eigenvalue weighted by atomic mass is 35.5. The molecule has 0 aliphatic rings. The third-order valence-corrected chi connectivity index (χ3v) is 2.97. The number of aromatic amines is 1. The van der Waals surface area contributed by atoms with E-state index in [-0.39, 0.29) is 17.8 Å². The Morgan fingerprint density at radius 2 is 2.24 bits per heavy atom. The molecule has 1 aromatic carbocycles. The Balaban J connectivity index is 2.10. The van der Waals surface area contributed by atoms with Gasteiger partial charge in [-0.05, 0) is 25.0 Å². The molecule has 3 nitrogen and oxygen atoms in total. The van der Waals surface area contributed by atoms with Gasteiger partial charge in [0, 0.05) is 23.1 Å². The molecular formula is C13H15ClN2O. The summed E-state index contributed by atoms with van der Waals surface area (Å²) in [7, 11) is 0. The van der Waals surface area contributed by atoms with Gasteiger partial charge in [-0.1, -0.05) is 18.2 Å². The van der Waals surface area contributed by atoms with E-state index in [1.807, 2.05) is 31.3 Å². The van der Waals surface area contributed by atoms with Crippen LogP contribution in [0.4, 0.5) is 0 Å². The number of amides is 1. The summed E-state index contributed by atoms with van der Waals surface area (Å²) in [6.07, 6.45) is 2.79. The van der Waals surface area contributed by atoms with Crippen molar-refractivity contribution in [3.05, 3.63) is 36.0 Å². The lowest BCUT2D eigenvalue weighted by atomic mass is 10.1. The van der Waals surface area contributed by atoms with Crippen molar-refractivity contribution in [1.29, 1.82) is 0 Å². The van der Waals surface area contributed by atoms with Gasteiger partial charge in [-0.3, -0.25) is 4.79 Å². The van der Waals surface area contributed by atoms with E-state index >= 15 is 0 Å². The first kappa shape index (κ1) is 12.0. The molecule has 0 bridgehead atoms. The van der Waals surface area contributed by atoms with Crippen LogP contribution in [0.25, 0.3) is 10.9 Å². The van der Waals surface area contributed by atoms with Gasteiger partial charge in [0.2, 0.25) is 5.91 Å². The summed E-state index contributed by atoms with van der Waals surface area (Å²) >= 11 is 5.45. The molecular weight excluding hydrogens is 236 g/mol. The first-order chi connectivity index (χ1) is 8.20. The van der Waals surface area contributed by atoms with Gasteiger partial charge in [-0.2, -0.15) is 0 Å². The lowest BCUT2D eigenvalue weighted by Gasteiger charge is -2.12. The van der Waals surface area contributed by atoms with Crippen molar-refractivity contribution in [2.75, 3.05) is 5.88 Å². The van der Waals surface area contributed by atoms with Crippen LogP contribution in [0.1, 0.15) is 12.5 Å². The molecule has 1 atom stereocenters. The van der Waals surface area contributed by atoms with Gasteiger partial charge in [0.15, 0.2) is 0 Å². The summed E-state index contributed by atoms with van der Waals surface area (Å²) in [6.45, 7) is 1.98. The number of hydrogen-bond acceptors (Lipinski definition) is 1. The van der Waals surface area contributed by atoms with Crippen molar-refractivity contribution >= 4 is 28.4 Å². The van der Waals surface area contributed by atoms with Gasteiger partial charge < -0.3 is 10.3 Å². The normalized spacial score (nSPS) is 12.6. The fourth-order valence-electron chi connectivity index (χ4n) is 1.99. The van der Waals surface area contributed by atoms with E-state index in [2.05, 4.69) is 16.4 Å². The summed E-state index contributed by atoms with van der Waals surface area (Å²) in [5.41, 5.74) is 2.33. The molecule has 0 radical (unpaired) electrons. The number of nitrogens with one attached hydrogen (secondary N) is 2. The maximum Gasteiger partial charge on any atom is 0.235 e. The molecule has 0 spiro atoms. The number of para-hydroxylation sites is 1. The van der Waals surface area contributed by atoms with Crippen LogP contribution in [0.5, 0.6) is 0 Å². The molecule has 0 saturated carbocycles. The highest BCUT2D eigenvalue weighted by molar-refractivity contribution is 6.27. The Kier molecular flexibility index (Phi) is 3.69. The van der Waals surface area contributed by atoms with E-state index in [0.29, 0.717) is 0 Å². The van der Waals surface area contributed by atoms with Crippen molar-refractivity contribution in [3.63, 3.8) is 0 Å². The summed E-state index contributed by atoms with van der Waals surface area (Å²) in [6, 6.07) is 8.22. The van der Waals surface area contributed by atoms with E-state index in [1.165, 1.54) is 10.9 Å². The smallest absolute Gasteiger partial charge is 0.235 e. The van der Waals surface area contributed by atoms with Crippen LogP contribution in [-0.2, 0) is 11.2 Å². The Morgan fingerprint density at radius 1 is 1.47 bits per heavy atom. The molecule has 17 heavy (non-hydrogen) atoms. The van der Waals surface area contributed by atoms with E-state index in [4.69, 9.17) is 11.6 Å². The van der Waals surface area contributed by atoms with Gasteiger partial charge in [-0.25, -0.2) is 0 Å². The Hall–Kier alpha value is -1.48. The van der Waals surface area contributed by atoms with Crippen LogP contribution in [0.2, 0.25) is 0 Å². The minimum Gasteiger partial charge on any atom is -0.361 e. The van der Waals surface area contributed by atoms with Gasteiger partial charge in [0.1, 0.15) is 5.88 Å². The second kappa shape index (κ2) is 5.23. The minimum atomic E-state index is -0.126. The standard InChI is InChI=1S/C13H15ClN2O/c1-9(16-13(17)7-14)6-10-8-15-12-5-3-2-4-11(10)12/h2-5,8-9,15H,6-7H2,1H3,(H,16,17)/t9-/m0/s1. The molecule has 0 saturated heterocycles. The number of fused-ring (bicyclic) bond motifs is 1. The number of aromatic nitrogens is 1. The van der Waals surface area contributed by atoms with Crippen LogP contribution in [0.15, 0.2) is 30.5 Å². The van der Waals surface area contributed by atoms with Gasteiger partial charge in [-0.15, -0.1) is 11.6 Å². The van der Waals surface area contributed by atoms with Crippen LogP contribution in [0, 0.1) is 0 Å². The van der Waals surface area contributed by atoms with Crippen molar-refractivity contribution in [3.8, 4) is 0 Å². The van der Waals surface area contributed by atoms with E-state index in [1.54, 1.807) is 0 Å². The third kappa shape index (κ3) is 2.80. The number of benzene rings is 1. The molecule has 1 heterocycles. The Labute approximate surface area is 105 Å². The first-order valence-corrected chi connectivity index (χ1v) is 6.14. The molecule has 0 fully saturated rings. The molecule has 1 amide bonds. The highest BCUT2D eigenvalue weighted by Crippen LogP contribution is 2.18. The zero-order valence-electron chi connectivity index (χ0n) is 9.66. The molecule has 1 aromatic heterocycles. The summed E-state index contributed by atoms with van der Waals surface area (Å²) < 4.78 is 0. The zero-order valence-corrected chi connectivity index (χ0v) is 10.4. The third-order valence-electron chi connectivity index (χ3n) is 2.73. The second-order valence-electron chi connectivity index (χ2n) is 4.17. The fourth-order valence-corrected chi connectivity index (χ4v) is 2.07. The maximum atomic E-state index is 11.2. The molecule has 2 aromatic rings. The van der Waals surface area contributed by atoms with Crippen LogP contribution in [-0.4, -0.2) is 22.8 Å². The van der Waals surface area contributed by atoms with Crippen molar-refractivity contribution in [2.45, 2.75) is 19.4 Å². The number of carbonyl (C=O) groups excluding carboxylic acids is 1. The monoisotopic (exact) mass is 250 g/mol. The molecule has 0 aliphatic carbocycles. The average Bonchev–Trinajstić information content (AvgIpc) is 2.72. The van der Waals surface area contributed by atoms with Gasteiger partial charge in [0.25, 0.3) is 0 Å². The molecule has 0 unspecified atom stereocenters. The first-order valence-electron chi connectivity index (χ1n) is 5.61. The van der Waals surface area contributed by atoms with E-state index in [9.17, 15) is 4.79 Å². The summed E-state index contributed by atoms with van der Waals surface area (Å²) in [5.74, 6) is -0.114. The lowest BCUT2D eigenvalue weighted by molar-refractivity contribution is -0.119. The number of rotatable bonds is 4. The minimum absolute atomic E-state index is 0.0121. The van der Waals surface area contributed by atoms with Crippen LogP contribution < -0.4 is 5.32 Å². The second-order valence-corrected chi connectivity index (χ2v) is 4.43. The van der Waals surface area contributed by atoms with E-state index < -0.39 is 0 Å². The van der Waals surface area contributed by atoms with Gasteiger partial charge in [0.05, 0.1) is 0 Å². The van der Waals surface area contributed by atoms with Crippen molar-refractivity contribution in [1.82, 2.24) is 10.3 Å². The van der Waals surface area contributed by atoms with Crippen LogP contribution >= 0.6 is 11.6 Å². The largest absolute Gasteiger partial charge is 0.361 e. The zero-order chi connectivity index (χ0) is 12.3. The SMILES string of the molecule is C[C@@H](Cc1c[nH]c2ccccc12)NC(=O)CCl. The topological polar surface area (TPSA) is 44.9 Å². The van der Waals surface area contributed by atoms with Crippen LogP contribution in [0.3, 0.4) is 0 Å². The molecule has 2 rings (SSSR count).